The van der Waals surface area contributed by atoms with Gasteiger partial charge in [0, 0.05) is 6.92 Å². The van der Waals surface area contributed by atoms with E-state index in [9.17, 15) is 4.79 Å². The Hall–Kier alpha value is -0.0936. The number of rotatable bonds is 1. The molecule has 0 saturated heterocycles. The third-order valence-electron chi connectivity index (χ3n) is 0.348. The van der Waals surface area contributed by atoms with Gasteiger partial charge in [0.25, 0.3) is 0 Å². The first-order chi connectivity index (χ1) is 3.77. The zero-order valence-electron chi connectivity index (χ0n) is 5.14. The maximum atomic E-state index is 9.82. The Labute approximate surface area is 58.6 Å². The molecule has 0 radical (unpaired) electrons. The molecule has 0 aromatic rings. The molecule has 0 spiro atoms. The number of esters is 1. The Morgan fingerprint density at radius 1 is 1.62 bits per heavy atom. The van der Waals surface area contributed by atoms with Crippen LogP contribution in [-0.2, 0) is 13.1 Å². The summed E-state index contributed by atoms with van der Waals surface area (Å²) < 4.78 is 12.8. The fourth-order valence-electron chi connectivity index (χ4n) is 0.203. The van der Waals surface area contributed by atoms with Crippen LogP contribution >= 0.6 is 0 Å². The van der Waals surface area contributed by atoms with Crippen molar-refractivity contribution in [2.75, 3.05) is 6.61 Å². The van der Waals surface area contributed by atoms with Gasteiger partial charge in [-0.15, -0.1) is 0 Å². The summed E-state index contributed by atoms with van der Waals surface area (Å²) in [7, 11) is 0. The van der Waals surface area contributed by atoms with Gasteiger partial charge in [-0.2, -0.15) is 0 Å². The summed E-state index contributed by atoms with van der Waals surface area (Å²) in [6.07, 6.45) is 0. The van der Waals surface area contributed by atoms with Gasteiger partial charge in [-0.05, 0) is 6.92 Å². The van der Waals surface area contributed by atoms with Crippen molar-refractivity contribution in [1.82, 2.24) is 0 Å². The van der Waals surface area contributed by atoms with Gasteiger partial charge in [-0.25, -0.2) is 0 Å². The van der Waals surface area contributed by atoms with E-state index < -0.39 is 0 Å². The molecule has 0 fully saturated rings. The quantitative estimate of drug-likeness (QED) is 0.409. The first-order valence-electron chi connectivity index (χ1n) is 2.19. The third-order valence-corrected chi connectivity index (χ3v) is 0.348. The Kier molecular flexibility index (Phi) is 13.5. The van der Waals surface area contributed by atoms with E-state index in [1.807, 2.05) is 0 Å². The molecule has 0 amide bonds. The van der Waals surface area contributed by atoms with Crippen LogP contribution in [0.2, 0.25) is 0 Å². The summed E-state index contributed by atoms with van der Waals surface area (Å²) in [6, 6.07) is 0. The van der Waals surface area contributed by atoms with Gasteiger partial charge in [0.15, 0.2) is 0 Å². The summed E-state index contributed by atoms with van der Waals surface area (Å²) >= 11 is 0.125. The predicted molar refractivity (Wildman–Crippen MR) is 30.1 cm³/mol. The number of hydrogen-bond acceptors (Lipinski definition) is 3. The van der Waals surface area contributed by atoms with E-state index in [2.05, 4.69) is 4.74 Å². The molecule has 0 heterocycles. The van der Waals surface area contributed by atoms with Crippen LogP contribution in [0.4, 0.5) is 0 Å². The number of carbonyl (C=O) groups excluding carboxylic acids is 1. The van der Waals surface area contributed by atoms with E-state index in [0.717, 1.165) is 0 Å². The van der Waals surface area contributed by atoms with E-state index in [4.69, 9.17) is 3.54 Å². The van der Waals surface area contributed by atoms with Crippen LogP contribution in [-0.4, -0.2) is 31.1 Å². The summed E-state index contributed by atoms with van der Waals surface area (Å²) in [6.45, 7) is 3.65. The van der Waals surface area contributed by atoms with Crippen molar-refractivity contribution < 1.29 is 13.1 Å². The molecule has 0 saturated carbocycles. The topological polar surface area (TPSA) is 43.4 Å². The molecule has 8 heavy (non-hydrogen) atoms. The molecular weight excluding hydrogens is 166 g/mol. The Morgan fingerprint density at radius 2 is 2.00 bits per heavy atom. The van der Waals surface area contributed by atoms with Crippen molar-refractivity contribution in [1.29, 1.82) is 0 Å². The first-order valence-corrected chi connectivity index (χ1v) is 3.40. The van der Waals surface area contributed by atoms with Crippen LogP contribution in [0, 0.1) is 0 Å². The second-order valence-corrected chi connectivity index (χ2v) is 0.925. The van der Waals surface area contributed by atoms with E-state index >= 15 is 0 Å². The normalized spacial score (nSPS) is 6.12. The van der Waals surface area contributed by atoms with E-state index in [-0.39, 0.29) is 24.5 Å². The molecule has 0 unspecified atom stereocenters. The van der Waals surface area contributed by atoms with Gasteiger partial charge < -0.3 is 4.74 Å². The molecule has 0 atom stereocenters. The number of hydrogen-bond donors (Lipinski definition) is 0. The molecule has 4 heteroatoms. The SMILES string of the molecule is CCOC(C)=O.[O]=[GaH]. The summed E-state index contributed by atoms with van der Waals surface area (Å²) in [5.41, 5.74) is 0. The van der Waals surface area contributed by atoms with Crippen molar-refractivity contribution in [2.45, 2.75) is 13.8 Å². The maximum absolute atomic E-state index is 9.82. The molecule has 0 aromatic carbocycles. The van der Waals surface area contributed by atoms with Crippen LogP contribution < -0.4 is 0 Å². The summed E-state index contributed by atoms with van der Waals surface area (Å²) in [5.74, 6) is -0.211. The molecule has 0 rings (SSSR count). The minimum absolute atomic E-state index is 0.125. The van der Waals surface area contributed by atoms with Gasteiger partial charge in [0.05, 0.1) is 6.61 Å². The second kappa shape index (κ2) is 10.0. The molecule has 3 nitrogen and oxygen atoms in total. The van der Waals surface area contributed by atoms with Gasteiger partial charge in [0.2, 0.25) is 0 Å². The zero-order chi connectivity index (χ0) is 6.99. The van der Waals surface area contributed by atoms with Gasteiger partial charge in [-0.1, -0.05) is 0 Å². The van der Waals surface area contributed by atoms with Crippen molar-refractivity contribution in [3.63, 3.8) is 0 Å². The summed E-state index contributed by atoms with van der Waals surface area (Å²) in [5, 5.41) is 0. The predicted octanol–water partition coefficient (Wildman–Crippen LogP) is -0.198. The number of carbonyl (C=O) groups is 1. The van der Waals surface area contributed by atoms with Crippen molar-refractivity contribution >= 4 is 24.5 Å². The van der Waals surface area contributed by atoms with Crippen LogP contribution in [0.15, 0.2) is 0 Å². The molecule has 0 aromatic heterocycles. The molecule has 0 aliphatic heterocycles. The standard InChI is InChI=1S/C4H8O2.Ga.O.H/c1-3-6-4(2)5;;;/h3H2,1-2H3;;;. The Morgan fingerprint density at radius 3 is 2.00 bits per heavy atom. The monoisotopic (exact) mass is 174 g/mol. The third kappa shape index (κ3) is 16.8. The minimum atomic E-state index is -0.211. The molecule has 0 N–H and O–H groups in total. The van der Waals surface area contributed by atoms with E-state index in [1.165, 1.54) is 6.92 Å². The number of ether oxygens (including phenoxy) is 1. The van der Waals surface area contributed by atoms with Crippen LogP contribution in [0.1, 0.15) is 13.8 Å². The molecule has 0 aliphatic rings. The van der Waals surface area contributed by atoms with Gasteiger partial charge in [0.1, 0.15) is 0 Å². The fourth-order valence-corrected chi connectivity index (χ4v) is 0.203. The van der Waals surface area contributed by atoms with Crippen LogP contribution in [0.3, 0.4) is 0 Å². The van der Waals surface area contributed by atoms with Gasteiger partial charge in [-0.3, -0.25) is 4.79 Å². The second-order valence-electron chi connectivity index (χ2n) is 0.925. The summed E-state index contributed by atoms with van der Waals surface area (Å²) in [4.78, 5) is 9.82. The average Bonchev–Trinajstić information content (AvgIpc) is 1.72. The van der Waals surface area contributed by atoms with Crippen molar-refractivity contribution in [2.24, 2.45) is 0 Å². The first kappa shape index (κ1) is 10.8. The molecule has 46 valence electrons. The van der Waals surface area contributed by atoms with Gasteiger partial charge >= 0.3 is 28.1 Å². The van der Waals surface area contributed by atoms with E-state index in [1.54, 1.807) is 6.92 Å². The Balaban J connectivity index is 0. The van der Waals surface area contributed by atoms with E-state index in [0.29, 0.717) is 6.61 Å². The van der Waals surface area contributed by atoms with Crippen molar-refractivity contribution in [3.8, 4) is 0 Å². The zero-order valence-corrected chi connectivity index (χ0v) is 8.11. The van der Waals surface area contributed by atoms with Crippen LogP contribution in [0.5, 0.6) is 0 Å². The molecule has 0 aliphatic carbocycles. The van der Waals surface area contributed by atoms with Crippen molar-refractivity contribution in [3.05, 3.63) is 0 Å². The average molecular weight is 175 g/mol. The molecular formula is C4H9GaO3. The Bertz CT molecular complexity index is 64.3. The fraction of sp³-hybridized carbons (Fsp3) is 0.750. The molecule has 0 bridgehead atoms. The van der Waals surface area contributed by atoms with Crippen LogP contribution in [0.25, 0.3) is 0 Å².